The van der Waals surface area contributed by atoms with E-state index in [1.165, 1.54) is 30.2 Å². The van der Waals surface area contributed by atoms with E-state index in [9.17, 15) is 19.2 Å². The molecule has 0 spiro atoms. The standard InChI is InChI=1S/C38H38BrN3O5S2/c1-3-31(36(45)42-37-33(38(46)47-2)29-16-9-4-5-10-17-32(29)49-37)48-28-15-11-14-27(23-28)40-35(44)30(22-24-18-20-26(39)21-19-24)41-34(43)25-12-7-6-8-13-25/h6-8,11-15,18-23,31H,3-5,9-10,16-17H2,1-2H3,(H,40,44)(H,41,43)(H,42,45)/b30-22+. The lowest BCUT2D eigenvalue weighted by Crippen LogP contribution is -2.30. The molecule has 1 aliphatic carbocycles. The van der Waals surface area contributed by atoms with Crippen LogP contribution in [0.25, 0.3) is 6.08 Å². The quantitative estimate of drug-likeness (QED) is 0.0800. The topological polar surface area (TPSA) is 114 Å². The zero-order valence-corrected chi connectivity index (χ0v) is 30.6. The summed E-state index contributed by atoms with van der Waals surface area (Å²) >= 11 is 6.28. The first-order valence-corrected chi connectivity index (χ1v) is 18.7. The lowest BCUT2D eigenvalue weighted by Gasteiger charge is -2.16. The van der Waals surface area contributed by atoms with Gasteiger partial charge in [0.15, 0.2) is 0 Å². The number of ether oxygens (including phenoxy) is 1. The van der Waals surface area contributed by atoms with E-state index in [2.05, 4.69) is 31.9 Å². The minimum atomic E-state index is -0.497. The van der Waals surface area contributed by atoms with Gasteiger partial charge in [-0.25, -0.2) is 4.79 Å². The molecule has 11 heteroatoms. The van der Waals surface area contributed by atoms with Crippen molar-refractivity contribution in [3.05, 3.63) is 116 Å². The van der Waals surface area contributed by atoms with E-state index in [4.69, 9.17) is 4.74 Å². The number of fused-ring (bicyclic) bond motifs is 1. The van der Waals surface area contributed by atoms with E-state index in [0.717, 1.165) is 63.9 Å². The number of carbonyl (C=O) groups excluding carboxylic acids is 4. The summed E-state index contributed by atoms with van der Waals surface area (Å²) in [4.78, 5) is 55.0. The van der Waals surface area contributed by atoms with Crippen molar-refractivity contribution in [2.75, 3.05) is 17.7 Å². The van der Waals surface area contributed by atoms with Crippen molar-refractivity contribution in [1.29, 1.82) is 0 Å². The molecule has 0 bridgehead atoms. The average molecular weight is 761 g/mol. The van der Waals surface area contributed by atoms with Crippen LogP contribution in [-0.4, -0.2) is 36.1 Å². The van der Waals surface area contributed by atoms with Gasteiger partial charge in [0.2, 0.25) is 5.91 Å². The van der Waals surface area contributed by atoms with Gasteiger partial charge in [-0.2, -0.15) is 0 Å². The van der Waals surface area contributed by atoms with Crippen LogP contribution in [-0.2, 0) is 27.2 Å². The maximum absolute atomic E-state index is 13.6. The number of methoxy groups -OCH3 is 1. The molecule has 1 aromatic heterocycles. The first-order chi connectivity index (χ1) is 23.7. The Bertz CT molecular complexity index is 1840. The average Bonchev–Trinajstić information content (AvgIpc) is 3.42. The third kappa shape index (κ3) is 9.71. The van der Waals surface area contributed by atoms with Crippen molar-refractivity contribution in [2.45, 2.75) is 62.0 Å². The lowest BCUT2D eigenvalue weighted by molar-refractivity contribution is -0.116. The van der Waals surface area contributed by atoms with Gasteiger partial charge in [0.25, 0.3) is 11.8 Å². The predicted octanol–water partition coefficient (Wildman–Crippen LogP) is 8.88. The van der Waals surface area contributed by atoms with Crippen molar-refractivity contribution >= 4 is 79.5 Å². The van der Waals surface area contributed by atoms with Crippen LogP contribution in [0.5, 0.6) is 0 Å². The lowest BCUT2D eigenvalue weighted by atomic mass is 9.96. The summed E-state index contributed by atoms with van der Waals surface area (Å²) in [5.74, 6) is -1.54. The molecule has 3 N–H and O–H groups in total. The number of halogens is 1. The molecule has 0 saturated carbocycles. The van der Waals surface area contributed by atoms with E-state index in [1.807, 2.05) is 43.3 Å². The first kappa shape index (κ1) is 36.1. The van der Waals surface area contributed by atoms with E-state index in [-0.39, 0.29) is 11.6 Å². The summed E-state index contributed by atoms with van der Waals surface area (Å²) in [6.45, 7) is 1.94. The molecule has 0 fully saturated rings. The Kier molecular flexibility index (Phi) is 12.9. The minimum Gasteiger partial charge on any atom is -0.465 e. The molecule has 0 saturated heterocycles. The van der Waals surface area contributed by atoms with Gasteiger partial charge in [0, 0.05) is 25.5 Å². The molecule has 1 atom stereocenters. The molecule has 254 valence electrons. The first-order valence-electron chi connectivity index (χ1n) is 16.2. The number of thioether (sulfide) groups is 1. The molecule has 3 aromatic carbocycles. The van der Waals surface area contributed by atoms with E-state index in [0.29, 0.717) is 28.2 Å². The molecular weight excluding hydrogens is 722 g/mol. The summed E-state index contributed by atoms with van der Waals surface area (Å²) in [6, 6.07) is 23.3. The fraction of sp³-hybridized carbons (Fsp3) is 0.263. The number of amides is 3. The summed E-state index contributed by atoms with van der Waals surface area (Å²) in [5, 5.41) is 8.80. The number of aryl methyl sites for hydroxylation is 1. The largest absolute Gasteiger partial charge is 0.465 e. The third-order valence-electron chi connectivity index (χ3n) is 8.04. The van der Waals surface area contributed by atoms with Crippen molar-refractivity contribution in [3.63, 3.8) is 0 Å². The van der Waals surface area contributed by atoms with Crippen molar-refractivity contribution < 1.29 is 23.9 Å². The highest BCUT2D eigenvalue weighted by molar-refractivity contribution is 9.10. The molecule has 1 aliphatic rings. The van der Waals surface area contributed by atoms with Crippen LogP contribution < -0.4 is 16.0 Å². The fourth-order valence-corrected chi connectivity index (χ4v) is 8.08. The van der Waals surface area contributed by atoms with Crippen molar-refractivity contribution in [2.24, 2.45) is 0 Å². The Morgan fingerprint density at radius 1 is 0.918 bits per heavy atom. The maximum Gasteiger partial charge on any atom is 0.341 e. The smallest absolute Gasteiger partial charge is 0.341 e. The zero-order chi connectivity index (χ0) is 34.8. The molecule has 8 nitrogen and oxygen atoms in total. The van der Waals surface area contributed by atoms with Gasteiger partial charge in [0.05, 0.1) is 17.9 Å². The van der Waals surface area contributed by atoms with E-state index < -0.39 is 23.0 Å². The molecule has 0 radical (unpaired) electrons. The predicted molar refractivity (Wildman–Crippen MR) is 201 cm³/mol. The van der Waals surface area contributed by atoms with Crippen molar-refractivity contribution in [3.8, 4) is 0 Å². The van der Waals surface area contributed by atoms with Crippen LogP contribution >= 0.6 is 39.0 Å². The number of nitrogens with one attached hydrogen (secondary N) is 3. The van der Waals surface area contributed by atoms with Gasteiger partial charge >= 0.3 is 5.97 Å². The van der Waals surface area contributed by atoms with E-state index >= 15 is 0 Å². The van der Waals surface area contributed by atoms with Crippen LogP contribution in [0.15, 0.2) is 93.9 Å². The highest BCUT2D eigenvalue weighted by Crippen LogP contribution is 2.38. The number of rotatable bonds is 11. The normalized spacial score (nSPS) is 13.7. The molecule has 3 amide bonds. The van der Waals surface area contributed by atoms with Gasteiger partial charge in [-0.1, -0.05) is 72.1 Å². The molecule has 1 heterocycles. The minimum absolute atomic E-state index is 0.0755. The Balaban J connectivity index is 1.32. The molecule has 1 unspecified atom stereocenters. The molecular formula is C38H38BrN3O5S2. The molecule has 49 heavy (non-hydrogen) atoms. The highest BCUT2D eigenvalue weighted by atomic mass is 79.9. The number of hydrogen-bond acceptors (Lipinski definition) is 7. The second-order valence-electron chi connectivity index (χ2n) is 11.5. The zero-order valence-electron chi connectivity index (χ0n) is 27.3. The van der Waals surface area contributed by atoms with Gasteiger partial charge in [-0.15, -0.1) is 23.1 Å². The Morgan fingerprint density at radius 3 is 2.37 bits per heavy atom. The molecule has 5 rings (SSSR count). The van der Waals surface area contributed by atoms with Crippen LogP contribution in [0, 0.1) is 0 Å². The number of anilines is 2. The fourth-order valence-electron chi connectivity index (χ4n) is 5.52. The number of hydrogen-bond donors (Lipinski definition) is 3. The van der Waals surface area contributed by atoms with Gasteiger partial charge in [0.1, 0.15) is 10.7 Å². The SMILES string of the molecule is CCC(Sc1cccc(NC(=O)/C(=C\c2ccc(Br)cc2)NC(=O)c2ccccc2)c1)C(=O)Nc1sc2c(c1C(=O)OC)CCCCCC2. The highest BCUT2D eigenvalue weighted by Gasteiger charge is 2.28. The van der Waals surface area contributed by atoms with Gasteiger partial charge < -0.3 is 20.7 Å². The summed E-state index contributed by atoms with van der Waals surface area (Å²) in [7, 11) is 1.37. The van der Waals surface area contributed by atoms with Crippen LogP contribution in [0.2, 0.25) is 0 Å². The number of esters is 1. The molecule has 4 aromatic rings. The summed E-state index contributed by atoms with van der Waals surface area (Å²) < 4.78 is 6.02. The van der Waals surface area contributed by atoms with Gasteiger partial charge in [-0.05, 0) is 91.8 Å². The maximum atomic E-state index is 13.6. The Morgan fingerprint density at radius 2 is 1.65 bits per heavy atom. The Labute approximate surface area is 303 Å². The van der Waals surface area contributed by atoms with E-state index in [1.54, 1.807) is 48.5 Å². The second kappa shape index (κ2) is 17.5. The van der Waals surface area contributed by atoms with Crippen LogP contribution in [0.1, 0.15) is 75.7 Å². The van der Waals surface area contributed by atoms with Crippen LogP contribution in [0.4, 0.5) is 10.7 Å². The Hall–Kier alpha value is -4.19. The van der Waals surface area contributed by atoms with Gasteiger partial charge in [-0.3, -0.25) is 14.4 Å². The second-order valence-corrected chi connectivity index (χ2v) is 14.8. The number of benzene rings is 3. The number of carbonyl (C=O) groups is 4. The summed E-state index contributed by atoms with van der Waals surface area (Å²) in [5.41, 5.74) is 3.22. The number of thiophene rings is 1. The monoisotopic (exact) mass is 759 g/mol. The molecule has 0 aliphatic heterocycles. The van der Waals surface area contributed by atoms with Crippen molar-refractivity contribution in [1.82, 2.24) is 5.32 Å². The van der Waals surface area contributed by atoms with Crippen LogP contribution in [0.3, 0.4) is 0 Å². The third-order valence-corrected chi connectivity index (χ3v) is 11.1. The summed E-state index contributed by atoms with van der Waals surface area (Å²) in [6.07, 6.45) is 8.19.